The van der Waals surface area contributed by atoms with Gasteiger partial charge in [0.15, 0.2) is 5.82 Å². The normalized spacial score (nSPS) is 10.9. The molecular formula is C13H17ClN4OS. The summed E-state index contributed by atoms with van der Waals surface area (Å²) in [5.41, 5.74) is 0.886. The minimum absolute atomic E-state index is 0.248. The molecule has 0 unspecified atom stereocenters. The predicted octanol–water partition coefficient (Wildman–Crippen LogP) is 2.57. The van der Waals surface area contributed by atoms with Gasteiger partial charge in [-0.3, -0.25) is 0 Å². The van der Waals surface area contributed by atoms with Crippen LogP contribution in [0.25, 0.3) is 11.4 Å². The molecule has 0 saturated carbocycles. The highest BCUT2D eigenvalue weighted by Crippen LogP contribution is 2.23. The highest BCUT2D eigenvalue weighted by molar-refractivity contribution is 7.99. The van der Waals surface area contributed by atoms with E-state index in [1.807, 2.05) is 12.1 Å². The lowest BCUT2D eigenvalue weighted by Crippen LogP contribution is -2.11. The number of halogens is 1. The summed E-state index contributed by atoms with van der Waals surface area (Å²) >= 11 is 7.43. The van der Waals surface area contributed by atoms with E-state index >= 15 is 0 Å². The quantitative estimate of drug-likeness (QED) is 0.467. The molecule has 108 valence electrons. The number of aliphatic hydroxyl groups excluding tert-OH is 1. The van der Waals surface area contributed by atoms with E-state index in [2.05, 4.69) is 10.2 Å². The molecule has 0 fully saturated rings. The second-order valence-corrected chi connectivity index (χ2v) is 5.81. The van der Waals surface area contributed by atoms with Crippen molar-refractivity contribution >= 4 is 23.4 Å². The Hall–Kier alpha value is -1.24. The minimum Gasteiger partial charge on any atom is -0.396 e. The largest absolute Gasteiger partial charge is 0.396 e. The first-order chi connectivity index (χ1) is 9.72. The monoisotopic (exact) mass is 312 g/mol. The zero-order valence-electron chi connectivity index (χ0n) is 11.0. The van der Waals surface area contributed by atoms with Crippen molar-refractivity contribution in [2.45, 2.75) is 24.4 Å². The molecule has 0 radical (unpaired) electrons. The maximum absolute atomic E-state index is 8.71. The van der Waals surface area contributed by atoms with E-state index in [1.165, 1.54) is 4.68 Å². The zero-order chi connectivity index (χ0) is 14.4. The summed E-state index contributed by atoms with van der Waals surface area (Å²) in [4.78, 5) is 0. The smallest absolute Gasteiger partial charge is 0.210 e. The van der Waals surface area contributed by atoms with Gasteiger partial charge in [0.2, 0.25) is 5.16 Å². The van der Waals surface area contributed by atoms with Crippen LogP contribution >= 0.6 is 23.4 Å². The minimum atomic E-state index is 0.248. The maximum Gasteiger partial charge on any atom is 0.210 e. The molecule has 2 aromatic rings. The van der Waals surface area contributed by atoms with Crippen LogP contribution in [0.1, 0.15) is 19.3 Å². The fourth-order valence-electron chi connectivity index (χ4n) is 1.73. The topological polar surface area (TPSA) is 77.0 Å². The average molecular weight is 313 g/mol. The van der Waals surface area contributed by atoms with Crippen LogP contribution in [-0.2, 0) is 0 Å². The lowest BCUT2D eigenvalue weighted by atomic mass is 10.2. The third-order valence-corrected chi connectivity index (χ3v) is 4.08. The van der Waals surface area contributed by atoms with E-state index in [1.54, 1.807) is 23.9 Å². The second kappa shape index (κ2) is 7.52. The number of nitrogen functional groups attached to an aromatic ring is 1. The fraction of sp³-hybridized carbons (Fsp3) is 0.385. The standard InChI is InChI=1S/C13H17ClN4OS/c14-11-6-4-10(5-7-11)12-16-17-13(18(12)15)20-9-3-1-2-8-19/h4-7,19H,1-3,8-9,15H2. The van der Waals surface area contributed by atoms with E-state index in [0.29, 0.717) is 16.0 Å². The molecule has 20 heavy (non-hydrogen) atoms. The summed E-state index contributed by atoms with van der Waals surface area (Å²) < 4.78 is 1.50. The van der Waals surface area contributed by atoms with Crippen molar-refractivity contribution in [1.82, 2.24) is 14.9 Å². The summed E-state index contributed by atoms with van der Waals surface area (Å²) in [5, 5.41) is 18.3. The number of thioether (sulfide) groups is 1. The molecule has 0 spiro atoms. The lowest BCUT2D eigenvalue weighted by molar-refractivity contribution is 0.284. The second-order valence-electron chi connectivity index (χ2n) is 4.32. The third-order valence-electron chi connectivity index (χ3n) is 2.80. The number of benzene rings is 1. The summed E-state index contributed by atoms with van der Waals surface area (Å²) in [6, 6.07) is 7.33. The molecule has 5 nitrogen and oxygen atoms in total. The molecule has 2 rings (SSSR count). The number of nitrogens with two attached hydrogens (primary N) is 1. The molecule has 0 amide bonds. The van der Waals surface area contributed by atoms with Crippen LogP contribution in [-0.4, -0.2) is 32.3 Å². The van der Waals surface area contributed by atoms with E-state index in [-0.39, 0.29) is 6.61 Å². The Labute approximate surface area is 127 Å². The molecule has 0 aliphatic carbocycles. The number of rotatable bonds is 7. The van der Waals surface area contributed by atoms with Gasteiger partial charge in [0.25, 0.3) is 0 Å². The number of hydrogen-bond acceptors (Lipinski definition) is 5. The van der Waals surface area contributed by atoms with Crippen molar-refractivity contribution in [1.29, 1.82) is 0 Å². The first-order valence-electron chi connectivity index (χ1n) is 6.42. The summed E-state index contributed by atoms with van der Waals surface area (Å²) in [7, 11) is 0. The maximum atomic E-state index is 8.71. The van der Waals surface area contributed by atoms with E-state index < -0.39 is 0 Å². The first-order valence-corrected chi connectivity index (χ1v) is 7.79. The summed E-state index contributed by atoms with van der Waals surface area (Å²) in [6.07, 6.45) is 2.87. The Morgan fingerprint density at radius 1 is 1.15 bits per heavy atom. The third kappa shape index (κ3) is 3.88. The Balaban J connectivity index is 1.98. The van der Waals surface area contributed by atoms with Crippen molar-refractivity contribution in [3.63, 3.8) is 0 Å². The van der Waals surface area contributed by atoms with Gasteiger partial charge < -0.3 is 10.9 Å². The molecule has 0 saturated heterocycles. The van der Waals surface area contributed by atoms with Crippen molar-refractivity contribution < 1.29 is 5.11 Å². The Morgan fingerprint density at radius 3 is 2.60 bits per heavy atom. The van der Waals surface area contributed by atoms with Gasteiger partial charge in [0, 0.05) is 22.9 Å². The van der Waals surface area contributed by atoms with Crippen molar-refractivity contribution in [2.24, 2.45) is 0 Å². The van der Waals surface area contributed by atoms with Crippen LogP contribution in [0.2, 0.25) is 5.02 Å². The molecule has 7 heteroatoms. The van der Waals surface area contributed by atoms with Crippen molar-refractivity contribution in [2.75, 3.05) is 18.2 Å². The molecule has 0 bridgehead atoms. The molecule has 0 atom stereocenters. The lowest BCUT2D eigenvalue weighted by Gasteiger charge is -2.03. The molecule has 0 aliphatic rings. The number of unbranched alkanes of at least 4 members (excludes halogenated alkanes) is 2. The number of aliphatic hydroxyl groups is 1. The molecule has 3 N–H and O–H groups in total. The van der Waals surface area contributed by atoms with Crippen LogP contribution < -0.4 is 5.84 Å². The van der Waals surface area contributed by atoms with Gasteiger partial charge in [0.1, 0.15) is 0 Å². The number of aromatic nitrogens is 3. The molecular weight excluding hydrogens is 296 g/mol. The average Bonchev–Trinajstić information content (AvgIpc) is 2.81. The molecule has 0 aliphatic heterocycles. The van der Waals surface area contributed by atoms with Crippen LogP contribution in [0.15, 0.2) is 29.4 Å². The molecule has 1 aromatic heterocycles. The highest BCUT2D eigenvalue weighted by atomic mass is 35.5. The van der Waals surface area contributed by atoms with E-state index in [9.17, 15) is 0 Å². The number of hydrogen-bond donors (Lipinski definition) is 2. The van der Waals surface area contributed by atoms with Crippen LogP contribution in [0, 0.1) is 0 Å². The highest BCUT2D eigenvalue weighted by Gasteiger charge is 2.11. The van der Waals surface area contributed by atoms with Crippen molar-refractivity contribution in [3.8, 4) is 11.4 Å². The van der Waals surface area contributed by atoms with Gasteiger partial charge in [-0.25, -0.2) is 4.68 Å². The van der Waals surface area contributed by atoms with Crippen LogP contribution in [0.4, 0.5) is 0 Å². The van der Waals surface area contributed by atoms with E-state index in [0.717, 1.165) is 30.6 Å². The number of nitrogens with zero attached hydrogens (tertiary/aromatic N) is 3. The predicted molar refractivity (Wildman–Crippen MR) is 82.3 cm³/mol. The Morgan fingerprint density at radius 2 is 1.90 bits per heavy atom. The van der Waals surface area contributed by atoms with Gasteiger partial charge in [-0.05, 0) is 37.1 Å². The van der Waals surface area contributed by atoms with Gasteiger partial charge in [0.05, 0.1) is 0 Å². The first kappa shape index (κ1) is 15.2. The van der Waals surface area contributed by atoms with E-state index in [4.69, 9.17) is 22.6 Å². The van der Waals surface area contributed by atoms with Gasteiger partial charge >= 0.3 is 0 Å². The molecule has 1 heterocycles. The summed E-state index contributed by atoms with van der Waals surface area (Å²) in [6.45, 7) is 0.248. The van der Waals surface area contributed by atoms with Gasteiger partial charge in [-0.1, -0.05) is 29.8 Å². The molecule has 1 aromatic carbocycles. The fourth-order valence-corrected chi connectivity index (χ4v) is 2.71. The SMILES string of the molecule is Nn1c(SCCCCCO)nnc1-c1ccc(Cl)cc1. The summed E-state index contributed by atoms with van der Waals surface area (Å²) in [5.74, 6) is 7.55. The Kier molecular flexibility index (Phi) is 5.70. The van der Waals surface area contributed by atoms with Crippen LogP contribution in [0.3, 0.4) is 0 Å². The van der Waals surface area contributed by atoms with Gasteiger partial charge in [-0.15, -0.1) is 10.2 Å². The van der Waals surface area contributed by atoms with Crippen molar-refractivity contribution in [3.05, 3.63) is 29.3 Å². The van der Waals surface area contributed by atoms with Crippen LogP contribution in [0.5, 0.6) is 0 Å². The van der Waals surface area contributed by atoms with Gasteiger partial charge in [-0.2, -0.15) is 0 Å². The zero-order valence-corrected chi connectivity index (χ0v) is 12.6. The Bertz CT molecular complexity index is 544.